The maximum atomic E-state index is 13.5. The van der Waals surface area contributed by atoms with E-state index in [1.807, 2.05) is 6.92 Å². The molecule has 0 atom stereocenters. The van der Waals surface area contributed by atoms with E-state index in [0.717, 1.165) is 6.07 Å². The number of hydrogen-bond donors (Lipinski definition) is 3. The molecule has 0 saturated heterocycles. The fourth-order valence-corrected chi connectivity index (χ4v) is 1.51. The van der Waals surface area contributed by atoms with Gasteiger partial charge in [0.2, 0.25) is 0 Å². The number of para-hydroxylation sites is 1. The lowest BCUT2D eigenvalue weighted by Crippen LogP contribution is -2.31. The van der Waals surface area contributed by atoms with Gasteiger partial charge in [-0.15, -0.1) is 0 Å². The number of carboxylic acids is 1. The zero-order valence-electron chi connectivity index (χ0n) is 11.1. The number of urea groups is 1. The number of amides is 2. The molecule has 0 fully saturated rings. The highest BCUT2D eigenvalue weighted by molar-refractivity contribution is 6.00. The van der Waals surface area contributed by atoms with E-state index in [2.05, 4.69) is 10.6 Å². The number of hydrogen-bond acceptors (Lipinski definition) is 3. The van der Waals surface area contributed by atoms with Gasteiger partial charge in [-0.1, -0.05) is 6.07 Å². The first-order valence-electron chi connectivity index (χ1n) is 6.20. The minimum atomic E-state index is -1.31. The van der Waals surface area contributed by atoms with Crippen molar-refractivity contribution in [3.05, 3.63) is 29.6 Å². The number of benzene rings is 1. The number of anilines is 1. The molecule has 0 aliphatic heterocycles. The van der Waals surface area contributed by atoms with Crippen LogP contribution in [0, 0.1) is 5.82 Å². The number of ether oxygens (including phenoxy) is 1. The second-order valence-electron chi connectivity index (χ2n) is 3.90. The zero-order chi connectivity index (χ0) is 15.0. The summed E-state index contributed by atoms with van der Waals surface area (Å²) in [5.41, 5.74) is -0.642. The first-order chi connectivity index (χ1) is 9.56. The van der Waals surface area contributed by atoms with Crippen molar-refractivity contribution in [3.8, 4) is 0 Å². The van der Waals surface area contributed by atoms with Gasteiger partial charge < -0.3 is 20.5 Å². The number of carbonyl (C=O) groups excluding carboxylic acids is 1. The minimum Gasteiger partial charge on any atom is -0.478 e. The van der Waals surface area contributed by atoms with Crippen molar-refractivity contribution in [3.63, 3.8) is 0 Å². The lowest BCUT2D eigenvalue weighted by molar-refractivity contribution is 0.0697. The van der Waals surface area contributed by atoms with Crippen LogP contribution in [-0.2, 0) is 4.74 Å². The van der Waals surface area contributed by atoms with E-state index in [1.54, 1.807) is 0 Å². The number of carbonyl (C=O) groups is 2. The summed E-state index contributed by atoms with van der Waals surface area (Å²) >= 11 is 0. The lowest BCUT2D eigenvalue weighted by atomic mass is 10.1. The van der Waals surface area contributed by atoms with Crippen LogP contribution in [0.1, 0.15) is 23.7 Å². The molecule has 0 radical (unpaired) electrons. The van der Waals surface area contributed by atoms with Crippen molar-refractivity contribution in [1.29, 1.82) is 0 Å². The van der Waals surface area contributed by atoms with Gasteiger partial charge in [0.1, 0.15) is 5.82 Å². The third-order valence-corrected chi connectivity index (χ3v) is 2.44. The Morgan fingerprint density at radius 2 is 2.15 bits per heavy atom. The highest BCUT2D eigenvalue weighted by atomic mass is 19.1. The van der Waals surface area contributed by atoms with Gasteiger partial charge in [-0.3, -0.25) is 0 Å². The van der Waals surface area contributed by atoms with Crippen LogP contribution in [0.25, 0.3) is 0 Å². The lowest BCUT2D eigenvalue weighted by Gasteiger charge is -2.10. The van der Waals surface area contributed by atoms with E-state index in [4.69, 9.17) is 9.84 Å². The van der Waals surface area contributed by atoms with Crippen molar-refractivity contribution >= 4 is 17.7 Å². The molecule has 0 bridgehead atoms. The molecule has 0 spiro atoms. The molecular weight excluding hydrogens is 267 g/mol. The minimum absolute atomic E-state index is 0.297. The Hall–Kier alpha value is -2.15. The molecule has 0 unspecified atom stereocenters. The molecule has 1 aromatic rings. The van der Waals surface area contributed by atoms with Crippen LogP contribution in [0.4, 0.5) is 14.9 Å². The van der Waals surface area contributed by atoms with Crippen molar-refractivity contribution in [2.45, 2.75) is 13.3 Å². The summed E-state index contributed by atoms with van der Waals surface area (Å²) in [6.45, 7) is 3.33. The first-order valence-corrected chi connectivity index (χ1v) is 6.20. The smallest absolute Gasteiger partial charge is 0.337 e. The van der Waals surface area contributed by atoms with Gasteiger partial charge in [-0.25, -0.2) is 14.0 Å². The molecule has 0 aromatic heterocycles. The van der Waals surface area contributed by atoms with Gasteiger partial charge in [0.15, 0.2) is 0 Å². The number of aromatic carboxylic acids is 1. The first kappa shape index (κ1) is 15.9. The third-order valence-electron chi connectivity index (χ3n) is 2.44. The molecule has 0 aliphatic carbocycles. The van der Waals surface area contributed by atoms with E-state index in [-0.39, 0.29) is 11.3 Å². The monoisotopic (exact) mass is 284 g/mol. The summed E-state index contributed by atoms with van der Waals surface area (Å²) in [6, 6.07) is 2.91. The molecule has 0 aliphatic rings. The number of nitrogens with one attached hydrogen (secondary N) is 2. The summed E-state index contributed by atoms with van der Waals surface area (Å²) in [5.74, 6) is -2.11. The van der Waals surface area contributed by atoms with Crippen LogP contribution in [0.5, 0.6) is 0 Å². The highest BCUT2D eigenvalue weighted by Crippen LogP contribution is 2.19. The predicted molar refractivity (Wildman–Crippen MR) is 71.5 cm³/mol. The Morgan fingerprint density at radius 3 is 2.80 bits per heavy atom. The third kappa shape index (κ3) is 4.85. The fraction of sp³-hybridized carbons (Fsp3) is 0.385. The SMILES string of the molecule is CCOCCCNC(=O)Nc1c(F)cccc1C(=O)O. The van der Waals surface area contributed by atoms with Crippen LogP contribution < -0.4 is 10.6 Å². The molecule has 7 heteroatoms. The average molecular weight is 284 g/mol. The maximum absolute atomic E-state index is 13.5. The molecular formula is C13H17FN2O4. The van der Waals surface area contributed by atoms with Crippen LogP contribution in [0.15, 0.2) is 18.2 Å². The quantitative estimate of drug-likeness (QED) is 0.669. The van der Waals surface area contributed by atoms with Crippen LogP contribution in [-0.4, -0.2) is 36.9 Å². The van der Waals surface area contributed by atoms with Gasteiger partial charge in [0, 0.05) is 19.8 Å². The van der Waals surface area contributed by atoms with Crippen LogP contribution >= 0.6 is 0 Å². The Balaban J connectivity index is 2.55. The second-order valence-corrected chi connectivity index (χ2v) is 3.90. The van der Waals surface area contributed by atoms with Gasteiger partial charge >= 0.3 is 12.0 Å². The number of rotatable bonds is 7. The standard InChI is InChI=1S/C13H17FN2O4/c1-2-20-8-4-7-15-13(19)16-11-9(12(17)18)5-3-6-10(11)14/h3,5-6H,2,4,7-8H2,1H3,(H,17,18)(H2,15,16,19). The average Bonchev–Trinajstić information content (AvgIpc) is 2.40. The molecule has 3 N–H and O–H groups in total. The normalized spacial score (nSPS) is 10.1. The molecule has 1 aromatic carbocycles. The van der Waals surface area contributed by atoms with E-state index in [9.17, 15) is 14.0 Å². The van der Waals surface area contributed by atoms with Crippen molar-refractivity contribution < 1.29 is 23.8 Å². The van der Waals surface area contributed by atoms with E-state index in [1.165, 1.54) is 12.1 Å². The molecule has 0 saturated carbocycles. The molecule has 6 nitrogen and oxygen atoms in total. The Bertz CT molecular complexity index is 479. The summed E-state index contributed by atoms with van der Waals surface area (Å²) < 4.78 is 18.6. The molecule has 1 rings (SSSR count). The van der Waals surface area contributed by atoms with Gasteiger partial charge in [-0.2, -0.15) is 0 Å². The Kier molecular flexibility index (Phi) is 6.45. The van der Waals surface area contributed by atoms with Gasteiger partial charge in [-0.05, 0) is 25.5 Å². The highest BCUT2D eigenvalue weighted by Gasteiger charge is 2.16. The Morgan fingerprint density at radius 1 is 1.40 bits per heavy atom. The van der Waals surface area contributed by atoms with Crippen molar-refractivity contribution in [1.82, 2.24) is 5.32 Å². The summed E-state index contributed by atoms with van der Waals surface area (Å²) in [4.78, 5) is 22.5. The van der Waals surface area contributed by atoms with Gasteiger partial charge in [0.25, 0.3) is 0 Å². The zero-order valence-corrected chi connectivity index (χ0v) is 11.1. The topological polar surface area (TPSA) is 87.7 Å². The second kappa shape index (κ2) is 8.11. The Labute approximate surface area is 115 Å². The molecule has 2 amide bonds. The predicted octanol–water partition coefficient (Wildman–Crippen LogP) is 2.07. The molecule has 110 valence electrons. The summed E-state index contributed by atoms with van der Waals surface area (Å²) in [7, 11) is 0. The van der Waals surface area contributed by atoms with Crippen molar-refractivity contribution in [2.24, 2.45) is 0 Å². The number of halogens is 1. The van der Waals surface area contributed by atoms with Crippen LogP contribution in [0.2, 0.25) is 0 Å². The maximum Gasteiger partial charge on any atom is 0.337 e. The number of carboxylic acid groups (broad SMARTS) is 1. The fourth-order valence-electron chi connectivity index (χ4n) is 1.51. The summed E-state index contributed by atoms with van der Waals surface area (Å²) in [6.07, 6.45) is 0.615. The van der Waals surface area contributed by atoms with E-state index >= 15 is 0 Å². The van der Waals surface area contributed by atoms with E-state index in [0.29, 0.717) is 26.2 Å². The van der Waals surface area contributed by atoms with E-state index < -0.39 is 17.8 Å². The largest absolute Gasteiger partial charge is 0.478 e. The molecule has 20 heavy (non-hydrogen) atoms. The molecule has 0 heterocycles. The van der Waals surface area contributed by atoms with Crippen molar-refractivity contribution in [2.75, 3.05) is 25.1 Å². The summed E-state index contributed by atoms with van der Waals surface area (Å²) in [5, 5.41) is 13.6. The van der Waals surface area contributed by atoms with Gasteiger partial charge in [0.05, 0.1) is 11.3 Å². The van der Waals surface area contributed by atoms with Crippen LogP contribution in [0.3, 0.4) is 0 Å².